The van der Waals surface area contributed by atoms with Gasteiger partial charge < -0.3 is 18.3 Å². The standard InChI is InChI=1S/3C30H19N3.C29H18N4/c31-18-21-15-25(20-32-19-21)23-8-6-7-22(16-23)24-13-14-30-28(17-24)27-11-4-5-12-29(27)33(30)26-9-2-1-3-10-26;31-20-21-15-16-32-28(17-21)24-8-6-7-22(18-24)23-13-14-30-27(19-23)26-11-4-5-12-29(26)33(30)25-9-2-1-3-10-25;31-20-25-18-24(15-16-32-25)22-8-6-7-21(17-22)23-13-14-30-28(19-23)27-11-4-5-12-29(27)33(30)26-9-2-1-3-10-26;30-18-20-14-15-31-27(16-20)26-12-10-22(19-32-26)21-11-13-29-25(17-21)24-8-4-5-9-28(24)33(29)23-6-2-1-3-7-23/h1-17,19-20H;2*1-19H;1-17,19H. The highest BCUT2D eigenvalue weighted by Crippen LogP contribution is 2.42. The fourth-order valence-corrected chi connectivity index (χ4v) is 18.0. The van der Waals surface area contributed by atoms with Gasteiger partial charge in [-0.3, -0.25) is 19.9 Å². The third-order valence-corrected chi connectivity index (χ3v) is 24.2. The van der Waals surface area contributed by atoms with Crippen LogP contribution in [0.4, 0.5) is 0 Å². The van der Waals surface area contributed by atoms with E-state index in [1.807, 2.05) is 72.9 Å². The molecule has 0 aliphatic rings. The first-order chi connectivity index (χ1) is 65.3. The predicted octanol–water partition coefficient (Wildman–Crippen LogP) is 28.9. The summed E-state index contributed by atoms with van der Waals surface area (Å²) in [6, 6.07) is 153. The molecule has 616 valence electrons. The van der Waals surface area contributed by atoms with Gasteiger partial charge in [0.25, 0.3) is 0 Å². The van der Waals surface area contributed by atoms with E-state index in [0.29, 0.717) is 28.1 Å². The van der Waals surface area contributed by atoms with Crippen LogP contribution in [0.5, 0.6) is 0 Å². The number of nitriles is 4. The van der Waals surface area contributed by atoms with Gasteiger partial charge in [-0.1, -0.05) is 231 Å². The molecule has 0 unspecified atom stereocenters. The highest BCUT2D eigenvalue weighted by Gasteiger charge is 2.20. The Labute approximate surface area is 761 Å². The van der Waals surface area contributed by atoms with E-state index >= 15 is 0 Å². The van der Waals surface area contributed by atoms with E-state index in [-0.39, 0.29) is 0 Å². The number of nitrogens with zero attached hydrogens (tertiary/aromatic N) is 13. The summed E-state index contributed by atoms with van der Waals surface area (Å²) in [6.07, 6.45) is 10.3. The van der Waals surface area contributed by atoms with Gasteiger partial charge in [-0.25, -0.2) is 4.98 Å². The normalized spacial score (nSPS) is 11.0. The van der Waals surface area contributed by atoms with E-state index in [1.54, 1.807) is 49.2 Å². The van der Waals surface area contributed by atoms with Gasteiger partial charge in [0.2, 0.25) is 0 Å². The van der Waals surface area contributed by atoms with Crippen LogP contribution in [-0.4, -0.2) is 43.2 Å². The monoisotopic (exact) mass is 1690 g/mol. The summed E-state index contributed by atoms with van der Waals surface area (Å²) in [5.41, 5.74) is 32.6. The number of aromatic nitrogens is 9. The van der Waals surface area contributed by atoms with Crippen molar-refractivity contribution in [1.29, 1.82) is 21.0 Å². The minimum absolute atomic E-state index is 0.424. The summed E-state index contributed by atoms with van der Waals surface area (Å²) in [7, 11) is 0. The maximum atomic E-state index is 9.23. The van der Waals surface area contributed by atoms with Gasteiger partial charge in [0.05, 0.1) is 90.0 Å². The average molecular weight is 1690 g/mol. The van der Waals surface area contributed by atoms with E-state index in [0.717, 1.165) is 106 Å². The number of hydrogen-bond donors (Lipinski definition) is 0. The SMILES string of the molecule is N#Cc1cc(-c2cccc(-c3ccc4c(c3)c3ccccc3n4-c3ccccc3)c2)ccn1.N#Cc1ccnc(-c2ccc(-c3ccc4c(c3)c3ccccc3n4-c3ccccc3)cn2)c1.N#Cc1ccnc(-c2cccc(-c3ccc4c(c3)c3ccccc3n4-c3ccccc3)c2)c1.N#Cc1cncc(-c2cccc(-c3ccc4c(c3)c3ccccc3n4-c3ccccc3)c2)c1. The lowest BCUT2D eigenvalue weighted by Crippen LogP contribution is -1.93. The summed E-state index contributed by atoms with van der Waals surface area (Å²) < 4.78 is 9.28. The molecule has 0 aliphatic carbocycles. The fraction of sp³-hybridized carbons (Fsp3) is 0. The second-order valence-corrected chi connectivity index (χ2v) is 32.1. The highest BCUT2D eigenvalue weighted by molar-refractivity contribution is 6.14. The number of benzene rings is 15. The third kappa shape index (κ3) is 15.7. The smallest absolute Gasteiger partial charge is 0.141 e. The van der Waals surface area contributed by atoms with E-state index in [4.69, 9.17) is 5.26 Å². The molecule has 0 N–H and O–H groups in total. The van der Waals surface area contributed by atoms with Crippen molar-refractivity contribution >= 4 is 87.2 Å². The topological polar surface area (TPSA) is 179 Å². The largest absolute Gasteiger partial charge is 0.309 e. The van der Waals surface area contributed by atoms with Crippen LogP contribution in [0.15, 0.2) is 456 Å². The van der Waals surface area contributed by atoms with Gasteiger partial charge in [0.15, 0.2) is 0 Å². The molecule has 0 atom stereocenters. The van der Waals surface area contributed by atoms with E-state index < -0.39 is 0 Å². The second-order valence-electron chi connectivity index (χ2n) is 32.1. The third-order valence-electron chi connectivity index (χ3n) is 24.2. The van der Waals surface area contributed by atoms with Gasteiger partial charge in [-0.2, -0.15) is 21.0 Å². The van der Waals surface area contributed by atoms with Crippen LogP contribution in [0.1, 0.15) is 22.4 Å². The van der Waals surface area contributed by atoms with Crippen molar-refractivity contribution < 1.29 is 0 Å². The first-order valence-corrected chi connectivity index (χ1v) is 43.3. The molecule has 0 aliphatic heterocycles. The maximum Gasteiger partial charge on any atom is 0.141 e. The average Bonchev–Trinajstić information content (AvgIpc) is 1.61. The Bertz CT molecular complexity index is 8100. The molecule has 0 spiro atoms. The molecule has 9 aromatic heterocycles. The molecular formula is C119H75N13. The van der Waals surface area contributed by atoms with Crippen LogP contribution in [0.2, 0.25) is 0 Å². The highest BCUT2D eigenvalue weighted by atomic mass is 15.0. The summed E-state index contributed by atoms with van der Waals surface area (Å²) >= 11 is 0. The molecule has 9 heterocycles. The van der Waals surface area contributed by atoms with Gasteiger partial charge in [0.1, 0.15) is 17.8 Å². The zero-order valence-corrected chi connectivity index (χ0v) is 71.1. The van der Waals surface area contributed by atoms with Crippen molar-refractivity contribution in [1.82, 2.24) is 43.2 Å². The first kappa shape index (κ1) is 80.3. The van der Waals surface area contributed by atoms with Gasteiger partial charge in [0, 0.05) is 120 Å². The minimum Gasteiger partial charge on any atom is -0.309 e. The van der Waals surface area contributed by atoms with Gasteiger partial charge >= 0.3 is 0 Å². The lowest BCUT2D eigenvalue weighted by Gasteiger charge is -2.09. The van der Waals surface area contributed by atoms with E-state index in [9.17, 15) is 15.8 Å². The molecule has 0 saturated heterocycles. The van der Waals surface area contributed by atoms with Crippen molar-refractivity contribution in [2.24, 2.45) is 0 Å². The van der Waals surface area contributed by atoms with Crippen molar-refractivity contribution in [3.63, 3.8) is 0 Å². The van der Waals surface area contributed by atoms with Crippen molar-refractivity contribution in [3.05, 3.63) is 478 Å². The van der Waals surface area contributed by atoms with Crippen molar-refractivity contribution in [3.8, 4) is 136 Å². The lowest BCUT2D eigenvalue weighted by atomic mass is 9.98. The Hall–Kier alpha value is -18.8. The van der Waals surface area contributed by atoms with Crippen LogP contribution >= 0.6 is 0 Å². The number of para-hydroxylation sites is 8. The van der Waals surface area contributed by atoms with Gasteiger partial charge in [-0.05, 0) is 244 Å². The summed E-state index contributed by atoms with van der Waals surface area (Å²) in [5, 5.41) is 46.6. The molecule has 24 aromatic rings. The van der Waals surface area contributed by atoms with Gasteiger partial charge in [-0.15, -0.1) is 0 Å². The molecule has 0 radical (unpaired) electrons. The Kier molecular flexibility index (Phi) is 21.7. The molecule has 24 rings (SSSR count). The quantitative estimate of drug-likeness (QED) is 0.115. The Morgan fingerprint density at radius 1 is 0.174 bits per heavy atom. The zero-order valence-electron chi connectivity index (χ0n) is 71.1. The Morgan fingerprint density at radius 2 is 0.492 bits per heavy atom. The molecule has 132 heavy (non-hydrogen) atoms. The molecule has 13 heteroatoms. The second kappa shape index (κ2) is 35.7. The minimum atomic E-state index is 0.424. The van der Waals surface area contributed by atoms with E-state index in [1.165, 1.54) is 87.2 Å². The van der Waals surface area contributed by atoms with Crippen LogP contribution in [0, 0.1) is 45.3 Å². The molecule has 0 amide bonds. The number of pyridine rings is 5. The van der Waals surface area contributed by atoms with Crippen molar-refractivity contribution in [2.75, 3.05) is 0 Å². The molecular weight excluding hydrogens is 1610 g/mol. The number of hydrogen-bond acceptors (Lipinski definition) is 9. The molecule has 15 aromatic carbocycles. The van der Waals surface area contributed by atoms with Crippen LogP contribution in [0.3, 0.4) is 0 Å². The molecule has 0 fully saturated rings. The Morgan fingerprint density at radius 3 is 0.879 bits per heavy atom. The maximum absolute atomic E-state index is 9.23. The lowest BCUT2D eigenvalue weighted by molar-refractivity contribution is 1.18. The predicted molar refractivity (Wildman–Crippen MR) is 534 cm³/mol. The van der Waals surface area contributed by atoms with E-state index in [2.05, 4.69) is 401 Å². The van der Waals surface area contributed by atoms with Crippen molar-refractivity contribution in [2.45, 2.75) is 0 Å². The van der Waals surface area contributed by atoms with Crippen LogP contribution < -0.4 is 0 Å². The van der Waals surface area contributed by atoms with Crippen LogP contribution in [-0.2, 0) is 0 Å². The summed E-state index contributed by atoms with van der Waals surface area (Å²) in [4.78, 5) is 21.7. The summed E-state index contributed by atoms with van der Waals surface area (Å²) in [5.74, 6) is 0. The molecule has 13 nitrogen and oxygen atoms in total. The summed E-state index contributed by atoms with van der Waals surface area (Å²) in [6.45, 7) is 0. The Balaban J connectivity index is 0.000000106. The number of fused-ring (bicyclic) bond motifs is 12. The molecule has 0 saturated carbocycles. The van der Waals surface area contributed by atoms with Crippen LogP contribution in [0.25, 0.3) is 199 Å². The fourth-order valence-electron chi connectivity index (χ4n) is 18.0. The first-order valence-electron chi connectivity index (χ1n) is 43.3. The number of rotatable bonds is 12. The zero-order chi connectivity index (χ0) is 88.8. The molecule has 0 bridgehead atoms.